The molecule has 18 heavy (non-hydrogen) atoms. The molecule has 0 radical (unpaired) electrons. The minimum Gasteiger partial charge on any atom is -0.381 e. The van der Waals surface area contributed by atoms with Gasteiger partial charge in [0, 0.05) is 18.3 Å². The molecule has 1 saturated carbocycles. The van der Waals surface area contributed by atoms with E-state index < -0.39 is 0 Å². The summed E-state index contributed by atoms with van der Waals surface area (Å²) < 4.78 is 6.04. The minimum atomic E-state index is 0.277. The normalized spacial score (nSPS) is 32.7. The molecule has 2 atom stereocenters. The van der Waals surface area contributed by atoms with Crippen LogP contribution in [0.5, 0.6) is 0 Å². The van der Waals surface area contributed by atoms with Gasteiger partial charge in [0.2, 0.25) is 0 Å². The molecule has 0 bridgehead atoms. The van der Waals surface area contributed by atoms with E-state index in [1.165, 1.54) is 49.8 Å². The SMILES string of the molecule is c1ccc2c(c1)CC(C1CCOC3(CCC3)C1)N2. The molecule has 2 heteroatoms. The van der Waals surface area contributed by atoms with Gasteiger partial charge in [0.05, 0.1) is 5.60 Å². The van der Waals surface area contributed by atoms with Crippen LogP contribution in [-0.4, -0.2) is 18.2 Å². The molecule has 1 aliphatic carbocycles. The first kappa shape index (κ1) is 10.9. The fourth-order valence-electron chi connectivity index (χ4n) is 3.94. The molecule has 4 rings (SSSR count). The molecule has 0 aromatic heterocycles. The number of hydrogen-bond acceptors (Lipinski definition) is 2. The standard InChI is InChI=1S/C16H21NO/c1-2-5-14-12(4-1)10-15(17-14)13-6-9-18-16(11-13)7-3-8-16/h1-2,4-5,13,15,17H,3,6-11H2. The summed E-state index contributed by atoms with van der Waals surface area (Å²) in [6.45, 7) is 0.971. The van der Waals surface area contributed by atoms with Crippen LogP contribution in [0.2, 0.25) is 0 Å². The van der Waals surface area contributed by atoms with E-state index >= 15 is 0 Å². The van der Waals surface area contributed by atoms with E-state index in [1.54, 1.807) is 0 Å². The van der Waals surface area contributed by atoms with Crippen LogP contribution in [-0.2, 0) is 11.2 Å². The molecule has 1 aromatic rings. The van der Waals surface area contributed by atoms with E-state index in [2.05, 4.69) is 29.6 Å². The maximum atomic E-state index is 6.04. The van der Waals surface area contributed by atoms with Crippen LogP contribution in [0.1, 0.15) is 37.7 Å². The highest BCUT2D eigenvalue weighted by atomic mass is 16.5. The summed E-state index contributed by atoms with van der Waals surface area (Å²) in [6.07, 6.45) is 7.67. The molecule has 2 aliphatic heterocycles. The van der Waals surface area contributed by atoms with Crippen LogP contribution >= 0.6 is 0 Å². The summed E-state index contributed by atoms with van der Waals surface area (Å²) in [4.78, 5) is 0. The predicted molar refractivity (Wildman–Crippen MR) is 72.8 cm³/mol. The Labute approximate surface area is 109 Å². The summed E-state index contributed by atoms with van der Waals surface area (Å²) in [5.41, 5.74) is 3.13. The molecule has 2 fully saturated rings. The largest absolute Gasteiger partial charge is 0.381 e. The number of ether oxygens (including phenoxy) is 1. The Balaban J connectivity index is 1.49. The smallest absolute Gasteiger partial charge is 0.0686 e. The Morgan fingerprint density at radius 3 is 2.89 bits per heavy atom. The average Bonchev–Trinajstić information content (AvgIpc) is 2.81. The van der Waals surface area contributed by atoms with Gasteiger partial charge in [-0.1, -0.05) is 18.2 Å². The average molecular weight is 243 g/mol. The maximum Gasteiger partial charge on any atom is 0.0686 e. The number of benzene rings is 1. The third kappa shape index (κ3) is 1.66. The summed E-state index contributed by atoms with van der Waals surface area (Å²) in [5, 5.41) is 3.73. The second-order valence-corrected chi connectivity index (χ2v) is 6.25. The zero-order chi connectivity index (χ0) is 12.0. The molecule has 1 aromatic carbocycles. The minimum absolute atomic E-state index is 0.277. The second-order valence-electron chi connectivity index (χ2n) is 6.25. The van der Waals surface area contributed by atoms with Crippen molar-refractivity contribution in [2.24, 2.45) is 5.92 Å². The van der Waals surface area contributed by atoms with Crippen molar-refractivity contribution in [1.82, 2.24) is 0 Å². The Bertz CT molecular complexity index is 427. The summed E-state index contributed by atoms with van der Waals surface area (Å²) >= 11 is 0. The topological polar surface area (TPSA) is 21.3 Å². The van der Waals surface area contributed by atoms with Gasteiger partial charge in [-0.25, -0.2) is 0 Å². The zero-order valence-electron chi connectivity index (χ0n) is 10.8. The lowest BCUT2D eigenvalue weighted by Gasteiger charge is -2.48. The highest BCUT2D eigenvalue weighted by molar-refractivity contribution is 5.56. The lowest BCUT2D eigenvalue weighted by atomic mass is 9.70. The fourth-order valence-corrected chi connectivity index (χ4v) is 3.94. The Morgan fingerprint density at radius 1 is 1.22 bits per heavy atom. The maximum absolute atomic E-state index is 6.04. The van der Waals surface area contributed by atoms with E-state index in [0.29, 0.717) is 6.04 Å². The molecule has 1 N–H and O–H groups in total. The predicted octanol–water partition coefficient (Wildman–Crippen LogP) is 3.37. The summed E-state index contributed by atoms with van der Waals surface area (Å²) in [6, 6.07) is 9.41. The number of fused-ring (bicyclic) bond motifs is 1. The number of para-hydroxylation sites is 1. The van der Waals surface area contributed by atoms with Gasteiger partial charge in [-0.2, -0.15) is 0 Å². The molecule has 96 valence electrons. The van der Waals surface area contributed by atoms with Gasteiger partial charge >= 0.3 is 0 Å². The van der Waals surface area contributed by atoms with Crippen molar-refractivity contribution >= 4 is 5.69 Å². The van der Waals surface area contributed by atoms with Gasteiger partial charge in [0.15, 0.2) is 0 Å². The van der Waals surface area contributed by atoms with Crippen LogP contribution in [0.3, 0.4) is 0 Å². The van der Waals surface area contributed by atoms with Crippen molar-refractivity contribution in [2.75, 3.05) is 11.9 Å². The van der Waals surface area contributed by atoms with Crippen LogP contribution < -0.4 is 5.32 Å². The third-order valence-corrected chi connectivity index (χ3v) is 5.16. The Morgan fingerprint density at radius 2 is 2.11 bits per heavy atom. The van der Waals surface area contributed by atoms with E-state index in [0.717, 1.165) is 12.5 Å². The lowest BCUT2D eigenvalue weighted by molar-refractivity contribution is -0.144. The molecule has 3 aliphatic rings. The van der Waals surface area contributed by atoms with Crippen molar-refractivity contribution in [3.8, 4) is 0 Å². The third-order valence-electron chi connectivity index (χ3n) is 5.16. The molecule has 0 amide bonds. The highest BCUT2D eigenvalue weighted by Gasteiger charge is 2.44. The van der Waals surface area contributed by atoms with Gasteiger partial charge in [0.1, 0.15) is 0 Å². The monoisotopic (exact) mass is 243 g/mol. The number of anilines is 1. The van der Waals surface area contributed by atoms with Crippen LogP contribution in [0.25, 0.3) is 0 Å². The van der Waals surface area contributed by atoms with Crippen molar-refractivity contribution in [1.29, 1.82) is 0 Å². The van der Waals surface area contributed by atoms with E-state index in [9.17, 15) is 0 Å². The van der Waals surface area contributed by atoms with Gasteiger partial charge in [-0.15, -0.1) is 0 Å². The van der Waals surface area contributed by atoms with Gasteiger partial charge < -0.3 is 10.1 Å². The fraction of sp³-hybridized carbons (Fsp3) is 0.625. The van der Waals surface area contributed by atoms with E-state index in [4.69, 9.17) is 4.74 Å². The van der Waals surface area contributed by atoms with Crippen LogP contribution in [0, 0.1) is 5.92 Å². The molecular weight excluding hydrogens is 222 g/mol. The van der Waals surface area contributed by atoms with Gasteiger partial charge in [-0.3, -0.25) is 0 Å². The molecule has 1 spiro atoms. The van der Waals surface area contributed by atoms with Crippen LogP contribution in [0.4, 0.5) is 5.69 Å². The first-order valence-corrected chi connectivity index (χ1v) is 7.33. The number of rotatable bonds is 1. The zero-order valence-corrected chi connectivity index (χ0v) is 10.8. The highest BCUT2D eigenvalue weighted by Crippen LogP contribution is 2.46. The molecule has 2 unspecified atom stereocenters. The summed E-state index contributed by atoms with van der Waals surface area (Å²) in [5.74, 6) is 0.798. The van der Waals surface area contributed by atoms with Crippen molar-refractivity contribution in [3.63, 3.8) is 0 Å². The molecular formula is C16H21NO. The number of nitrogens with one attached hydrogen (secondary N) is 1. The molecule has 2 nitrogen and oxygen atoms in total. The van der Waals surface area contributed by atoms with Crippen molar-refractivity contribution in [3.05, 3.63) is 29.8 Å². The number of hydrogen-bond donors (Lipinski definition) is 1. The van der Waals surface area contributed by atoms with Gasteiger partial charge in [0.25, 0.3) is 0 Å². The Kier molecular flexibility index (Phi) is 2.41. The van der Waals surface area contributed by atoms with Crippen LogP contribution in [0.15, 0.2) is 24.3 Å². The quantitative estimate of drug-likeness (QED) is 0.816. The van der Waals surface area contributed by atoms with Crippen molar-refractivity contribution in [2.45, 2.75) is 50.2 Å². The Hall–Kier alpha value is -1.02. The first-order chi connectivity index (χ1) is 8.85. The summed E-state index contributed by atoms with van der Waals surface area (Å²) in [7, 11) is 0. The van der Waals surface area contributed by atoms with Gasteiger partial charge in [-0.05, 0) is 56.1 Å². The molecule has 2 heterocycles. The van der Waals surface area contributed by atoms with Crippen molar-refractivity contribution < 1.29 is 4.74 Å². The molecule has 1 saturated heterocycles. The second kappa shape index (κ2) is 3.99. The lowest BCUT2D eigenvalue weighted by Crippen LogP contribution is -2.48. The van der Waals surface area contributed by atoms with E-state index in [-0.39, 0.29) is 5.60 Å². The first-order valence-electron chi connectivity index (χ1n) is 7.33. The van der Waals surface area contributed by atoms with E-state index in [1.807, 2.05) is 0 Å².